The van der Waals surface area contributed by atoms with E-state index in [1.54, 1.807) is 12.1 Å². The molecule has 4 aliphatic carbocycles. The smallest absolute Gasteiger partial charge is 0.238 e. The van der Waals surface area contributed by atoms with Gasteiger partial charge < -0.3 is 0 Å². The van der Waals surface area contributed by atoms with Crippen molar-refractivity contribution in [2.75, 3.05) is 9.80 Å². The van der Waals surface area contributed by atoms with Gasteiger partial charge in [-0.15, -0.1) is 0 Å². The van der Waals surface area contributed by atoms with Crippen LogP contribution in [0.3, 0.4) is 0 Å². The van der Waals surface area contributed by atoms with Gasteiger partial charge in [0.05, 0.1) is 40.1 Å². The molecule has 8 atom stereocenters. The van der Waals surface area contributed by atoms with Gasteiger partial charge in [-0.2, -0.15) is 0 Å². The third-order valence-corrected chi connectivity index (χ3v) is 8.67. The molecule has 0 radical (unpaired) electrons. The Kier molecular flexibility index (Phi) is 3.31. The van der Waals surface area contributed by atoms with Crippen LogP contribution in [0.1, 0.15) is 12.8 Å². The molecular formula is C24H19ClN2O4. The molecule has 6 aliphatic rings. The lowest BCUT2D eigenvalue weighted by molar-refractivity contribution is -0.124. The molecule has 1 aromatic carbocycles. The average molecular weight is 435 g/mol. The number of benzene rings is 1. The molecule has 31 heavy (non-hydrogen) atoms. The summed E-state index contributed by atoms with van der Waals surface area (Å²) in [6.07, 6.45) is 9.95. The van der Waals surface area contributed by atoms with Crippen molar-refractivity contribution in [2.24, 2.45) is 47.3 Å². The zero-order valence-electron chi connectivity index (χ0n) is 16.5. The molecule has 0 spiro atoms. The summed E-state index contributed by atoms with van der Waals surface area (Å²) in [5.41, 5.74) is 0.730. The van der Waals surface area contributed by atoms with Crippen LogP contribution in [-0.4, -0.2) is 23.6 Å². The molecule has 2 saturated carbocycles. The lowest BCUT2D eigenvalue weighted by atomic mass is 9.85. The summed E-state index contributed by atoms with van der Waals surface area (Å²) in [4.78, 5) is 54.7. The second kappa shape index (κ2) is 5.74. The fourth-order valence-electron chi connectivity index (χ4n) is 7.11. The van der Waals surface area contributed by atoms with Gasteiger partial charge in [-0.25, -0.2) is 9.80 Å². The Morgan fingerprint density at radius 2 is 1.06 bits per heavy atom. The molecule has 7 rings (SSSR count). The van der Waals surface area contributed by atoms with Crippen molar-refractivity contribution in [1.82, 2.24) is 0 Å². The van der Waals surface area contributed by atoms with Crippen molar-refractivity contribution in [3.63, 3.8) is 0 Å². The summed E-state index contributed by atoms with van der Waals surface area (Å²) >= 11 is 6.53. The number of imide groups is 2. The van der Waals surface area contributed by atoms with Gasteiger partial charge in [-0.1, -0.05) is 35.9 Å². The summed E-state index contributed by atoms with van der Waals surface area (Å²) in [7, 11) is 0. The van der Waals surface area contributed by atoms with Crippen LogP contribution in [0.25, 0.3) is 0 Å². The van der Waals surface area contributed by atoms with Crippen molar-refractivity contribution >= 4 is 46.6 Å². The van der Waals surface area contributed by atoms with E-state index in [9.17, 15) is 19.2 Å². The molecular weight excluding hydrogens is 416 g/mol. The summed E-state index contributed by atoms with van der Waals surface area (Å²) in [5, 5.41) is 0.193. The van der Waals surface area contributed by atoms with Gasteiger partial charge in [0, 0.05) is 0 Å². The van der Waals surface area contributed by atoms with Gasteiger partial charge in [-0.3, -0.25) is 19.2 Å². The Balaban J connectivity index is 1.22. The van der Waals surface area contributed by atoms with E-state index in [4.69, 9.17) is 11.6 Å². The highest BCUT2D eigenvalue weighted by atomic mass is 35.5. The summed E-state index contributed by atoms with van der Waals surface area (Å²) < 4.78 is 0. The maximum Gasteiger partial charge on any atom is 0.238 e. The molecule has 0 unspecified atom stereocenters. The Labute approximate surface area is 183 Å². The molecule has 156 valence electrons. The molecule has 7 heteroatoms. The summed E-state index contributed by atoms with van der Waals surface area (Å²) in [6, 6.07) is 4.74. The van der Waals surface area contributed by atoms with Gasteiger partial charge in [-0.05, 0) is 54.7 Å². The summed E-state index contributed by atoms with van der Waals surface area (Å²) in [5.74, 6) is -1.43. The first-order valence-electron chi connectivity index (χ1n) is 10.9. The quantitative estimate of drug-likeness (QED) is 0.530. The molecule has 4 fully saturated rings. The highest BCUT2D eigenvalue weighted by Gasteiger charge is 2.61. The van der Waals surface area contributed by atoms with Crippen LogP contribution in [0.15, 0.2) is 42.5 Å². The lowest BCUT2D eigenvalue weighted by Gasteiger charge is -2.21. The van der Waals surface area contributed by atoms with Crippen LogP contribution >= 0.6 is 11.6 Å². The molecule has 2 saturated heterocycles. The maximum absolute atomic E-state index is 13.1. The largest absolute Gasteiger partial charge is 0.274 e. The van der Waals surface area contributed by atoms with Crippen molar-refractivity contribution in [2.45, 2.75) is 12.8 Å². The first kappa shape index (κ1) is 17.9. The van der Waals surface area contributed by atoms with Gasteiger partial charge >= 0.3 is 0 Å². The summed E-state index contributed by atoms with van der Waals surface area (Å²) in [6.45, 7) is 0. The number of hydrogen-bond acceptors (Lipinski definition) is 4. The molecule has 1 aromatic rings. The minimum Gasteiger partial charge on any atom is -0.274 e. The van der Waals surface area contributed by atoms with Crippen LogP contribution in [0.4, 0.5) is 11.4 Å². The molecule has 0 N–H and O–H groups in total. The van der Waals surface area contributed by atoms with E-state index in [1.807, 2.05) is 0 Å². The van der Waals surface area contributed by atoms with Gasteiger partial charge in [0.25, 0.3) is 0 Å². The highest BCUT2D eigenvalue weighted by molar-refractivity contribution is 6.37. The zero-order valence-corrected chi connectivity index (χ0v) is 17.2. The SMILES string of the molecule is O=C1[C@@H]2[C@H](C(=O)N1c1ccc(N3C(=O)[C@@H]4[C@H](C3=O)[C@H]3C=C[C@H]4C3)c(Cl)c1)[C@H]1C=C[C@H]2C1. The number of carbonyl (C=O) groups excluding carboxylic acids is 4. The molecule has 2 aliphatic heterocycles. The monoisotopic (exact) mass is 434 g/mol. The third kappa shape index (κ3) is 2.05. The number of nitrogens with zero attached hydrogens (tertiary/aromatic N) is 2. The average Bonchev–Trinajstić information content (AvgIpc) is 3.56. The second-order valence-electron chi connectivity index (χ2n) is 9.66. The fraction of sp³-hybridized carbons (Fsp3) is 0.417. The van der Waals surface area contributed by atoms with Crippen LogP contribution in [-0.2, 0) is 19.2 Å². The first-order chi connectivity index (χ1) is 15.0. The number of amides is 4. The Hall–Kier alpha value is -2.73. The number of fused-ring (bicyclic) bond motifs is 10. The van der Waals surface area contributed by atoms with Gasteiger partial charge in [0.15, 0.2) is 0 Å². The number of carbonyl (C=O) groups is 4. The number of rotatable bonds is 2. The van der Waals surface area contributed by atoms with E-state index >= 15 is 0 Å². The van der Waals surface area contributed by atoms with Crippen molar-refractivity contribution in [1.29, 1.82) is 0 Å². The van der Waals surface area contributed by atoms with Crippen LogP contribution < -0.4 is 9.80 Å². The number of allylic oxidation sites excluding steroid dienone is 4. The molecule has 0 aromatic heterocycles. The van der Waals surface area contributed by atoms with E-state index in [0.717, 1.165) is 12.8 Å². The van der Waals surface area contributed by atoms with Crippen molar-refractivity contribution in [3.05, 3.63) is 47.5 Å². The topological polar surface area (TPSA) is 74.8 Å². The maximum atomic E-state index is 13.1. The molecule has 4 bridgehead atoms. The van der Waals surface area contributed by atoms with E-state index in [-0.39, 0.29) is 76.0 Å². The van der Waals surface area contributed by atoms with Gasteiger partial charge in [0.1, 0.15) is 0 Å². The van der Waals surface area contributed by atoms with E-state index in [2.05, 4.69) is 24.3 Å². The minimum absolute atomic E-state index is 0.123. The van der Waals surface area contributed by atoms with E-state index in [0.29, 0.717) is 11.4 Å². The van der Waals surface area contributed by atoms with Crippen molar-refractivity contribution < 1.29 is 19.2 Å². The lowest BCUT2D eigenvalue weighted by Crippen LogP contribution is -2.34. The molecule has 4 amide bonds. The predicted molar refractivity (Wildman–Crippen MR) is 112 cm³/mol. The highest BCUT2D eigenvalue weighted by Crippen LogP contribution is 2.55. The molecule has 6 nitrogen and oxygen atoms in total. The predicted octanol–water partition coefficient (Wildman–Crippen LogP) is 2.96. The normalized spacial score (nSPS) is 41.3. The van der Waals surface area contributed by atoms with E-state index in [1.165, 1.54) is 15.9 Å². The Bertz CT molecular complexity index is 1110. The second-order valence-corrected chi connectivity index (χ2v) is 10.1. The number of hydrogen-bond donors (Lipinski definition) is 0. The number of halogens is 1. The zero-order chi connectivity index (χ0) is 21.2. The first-order valence-corrected chi connectivity index (χ1v) is 11.3. The number of anilines is 2. The van der Waals surface area contributed by atoms with Crippen LogP contribution in [0, 0.1) is 47.3 Å². The Morgan fingerprint density at radius 3 is 1.48 bits per heavy atom. The standard InChI is InChI=1S/C24H19ClN2O4/c25-15-9-14(26-21(28)17-10-1-2-11(7-10)18(17)22(26)29)5-6-16(15)27-23(30)19-12-3-4-13(8-12)20(19)24(27)31/h1-6,9-13,17-20H,7-8H2/t10-,11-,12-,13-,17-,18+,19-,20+/m0/s1. The molecule has 2 heterocycles. The Morgan fingerprint density at radius 1 is 0.645 bits per heavy atom. The minimum atomic E-state index is -0.303. The fourth-order valence-corrected chi connectivity index (χ4v) is 7.37. The van der Waals surface area contributed by atoms with Crippen LogP contribution in [0.5, 0.6) is 0 Å². The van der Waals surface area contributed by atoms with Gasteiger partial charge in [0.2, 0.25) is 23.6 Å². The van der Waals surface area contributed by atoms with Crippen molar-refractivity contribution in [3.8, 4) is 0 Å². The third-order valence-electron chi connectivity index (χ3n) is 8.37. The van der Waals surface area contributed by atoms with Crippen LogP contribution in [0.2, 0.25) is 5.02 Å². The van der Waals surface area contributed by atoms with E-state index < -0.39 is 0 Å².